The van der Waals surface area contributed by atoms with Gasteiger partial charge in [-0.05, 0) is 12.5 Å². The average molecular weight is 319 g/mol. The molecule has 1 aromatic heterocycles. The van der Waals surface area contributed by atoms with Crippen LogP contribution in [0, 0.1) is 0 Å². The lowest BCUT2D eigenvalue weighted by atomic mass is 10.0. The second-order valence-electron chi connectivity index (χ2n) is 6.07. The number of hydrogen-bond acceptors (Lipinski definition) is 1. The van der Waals surface area contributed by atoms with Crippen molar-refractivity contribution < 1.29 is 9.90 Å². The first kappa shape index (κ1) is 19.3. The van der Waals surface area contributed by atoms with Crippen molar-refractivity contribution >= 4 is 11.8 Å². The van der Waals surface area contributed by atoms with Gasteiger partial charge in [0.25, 0.3) is 0 Å². The second kappa shape index (κ2) is 12.8. The monoisotopic (exact) mass is 319 g/mol. The maximum atomic E-state index is 10.7. The Hall–Kier alpha value is -1.71. The Bertz CT molecular complexity index is 427. The summed E-state index contributed by atoms with van der Waals surface area (Å²) in [6.07, 6.45) is 17.2. The van der Waals surface area contributed by atoms with E-state index in [1.54, 1.807) is 6.08 Å². The fourth-order valence-corrected chi connectivity index (χ4v) is 2.64. The Labute approximate surface area is 140 Å². The molecule has 130 valence electrons. The van der Waals surface area contributed by atoms with E-state index in [1.165, 1.54) is 57.4 Å². The number of aromatic amines is 1. The summed E-state index contributed by atoms with van der Waals surface area (Å²) in [5.74, 6) is -0.107. The number of aliphatic carboxylic acids is 1. The highest BCUT2D eigenvalue weighted by atomic mass is 16.4. The molecule has 0 aliphatic rings. The lowest BCUT2D eigenvalue weighted by Gasteiger charge is -2.21. The molecule has 0 aliphatic heterocycles. The van der Waals surface area contributed by atoms with E-state index in [0.717, 1.165) is 18.7 Å². The highest BCUT2D eigenvalue weighted by Gasteiger charge is 2.01. The van der Waals surface area contributed by atoms with E-state index in [1.807, 2.05) is 18.3 Å². The zero-order valence-corrected chi connectivity index (χ0v) is 14.3. The predicted octanol–water partition coefficient (Wildman–Crippen LogP) is 5.95. The van der Waals surface area contributed by atoms with Crippen LogP contribution in [-0.4, -0.2) is 22.1 Å². The van der Waals surface area contributed by atoms with E-state index in [0.29, 0.717) is 0 Å². The van der Waals surface area contributed by atoms with Crippen molar-refractivity contribution in [3.05, 3.63) is 35.8 Å². The van der Waals surface area contributed by atoms with Gasteiger partial charge in [0.05, 0.1) is 0 Å². The van der Waals surface area contributed by atoms with Gasteiger partial charge in [-0.25, -0.2) is 4.79 Å². The zero-order valence-electron chi connectivity index (χ0n) is 14.3. The number of hydrogen-bond donors (Lipinski definition) is 2. The number of unbranched alkanes of at least 4 members (excludes halogenated alkanes) is 8. The number of nitrogens with one attached hydrogen (secondary N) is 1. The van der Waals surface area contributed by atoms with E-state index >= 15 is 0 Å². The van der Waals surface area contributed by atoms with Gasteiger partial charge >= 0.3 is 5.97 Å². The van der Waals surface area contributed by atoms with Crippen molar-refractivity contribution in [1.82, 2.24) is 4.98 Å². The predicted molar refractivity (Wildman–Crippen MR) is 96.2 cm³/mol. The van der Waals surface area contributed by atoms with Crippen molar-refractivity contribution in [1.29, 1.82) is 0 Å². The van der Waals surface area contributed by atoms with Gasteiger partial charge in [0.1, 0.15) is 0 Å². The normalized spacial score (nSPS) is 12.6. The van der Waals surface area contributed by atoms with Gasteiger partial charge in [0, 0.05) is 6.08 Å². The van der Waals surface area contributed by atoms with Crippen molar-refractivity contribution in [2.24, 2.45) is 0 Å². The molecule has 1 atom stereocenters. The fraction of sp³-hybridized carbons (Fsp3) is 0.632. The lowest BCUT2D eigenvalue weighted by molar-refractivity contribution is -0.131. The third-order valence-electron chi connectivity index (χ3n) is 3.95. The van der Waals surface area contributed by atoms with E-state index in [4.69, 9.17) is 5.11 Å². The van der Waals surface area contributed by atoms with Crippen molar-refractivity contribution in [2.45, 2.75) is 77.2 Å². The molecule has 0 saturated carbocycles. The molecule has 1 rings (SSSR count). The first-order valence-corrected chi connectivity index (χ1v) is 8.97. The molecule has 0 spiro atoms. The molecule has 1 unspecified atom stereocenters. The second-order valence-corrected chi connectivity index (χ2v) is 6.07. The molecule has 0 bridgehead atoms. The highest BCUT2D eigenvalue weighted by molar-refractivity contribution is 5.80. The lowest BCUT2D eigenvalue weighted by Crippen LogP contribution is -2.03. The van der Waals surface area contributed by atoms with Gasteiger partial charge in [-0.1, -0.05) is 94.9 Å². The molecule has 2 N–H and O–H groups in total. The number of carbonyl (C=O) groups is 1. The molecule has 23 heavy (non-hydrogen) atoms. The zero-order chi connectivity index (χ0) is 16.8. The number of nitrogens with zero attached hydrogens (tertiary/aromatic N) is 1. The van der Waals surface area contributed by atoms with Crippen LogP contribution in [0.1, 0.15) is 71.1 Å². The van der Waals surface area contributed by atoms with Crippen LogP contribution >= 0.6 is 0 Å². The summed E-state index contributed by atoms with van der Waals surface area (Å²) in [7, 11) is 0. The third kappa shape index (κ3) is 10.6. The Balaban J connectivity index is 2.17. The molecule has 4 heteroatoms. The van der Waals surface area contributed by atoms with Crippen molar-refractivity contribution in [2.75, 3.05) is 0 Å². The fourth-order valence-electron chi connectivity index (χ4n) is 2.64. The third-order valence-corrected chi connectivity index (χ3v) is 3.95. The Morgan fingerprint density at radius 2 is 1.83 bits per heavy atom. The van der Waals surface area contributed by atoms with Crippen LogP contribution in [-0.2, 0) is 4.79 Å². The summed E-state index contributed by atoms with van der Waals surface area (Å²) >= 11 is 0. The number of aromatic nitrogens is 1. The van der Waals surface area contributed by atoms with Gasteiger partial charge in [-0.2, -0.15) is 0 Å². The summed E-state index contributed by atoms with van der Waals surface area (Å²) in [6, 6.07) is 3.74. The van der Waals surface area contributed by atoms with Crippen LogP contribution in [0.2, 0.25) is 0 Å². The van der Waals surface area contributed by atoms with Crippen LogP contribution in [0.4, 0.5) is 5.82 Å². The topological polar surface area (TPSA) is 67.2 Å². The van der Waals surface area contributed by atoms with Gasteiger partial charge in [-0.15, -0.1) is 0 Å². The minimum atomic E-state index is -0.913. The molecule has 4 nitrogen and oxygen atoms in total. The largest absolute Gasteiger partial charge is 0.478 e. The first-order valence-electron chi connectivity index (χ1n) is 8.97. The van der Waals surface area contributed by atoms with Crippen LogP contribution in [0.25, 0.3) is 5.32 Å². The minimum Gasteiger partial charge on any atom is -0.478 e. The smallest absolute Gasteiger partial charge is 0.327 e. The highest BCUT2D eigenvalue weighted by Crippen LogP contribution is 2.23. The Morgan fingerprint density at radius 1 is 1.17 bits per heavy atom. The van der Waals surface area contributed by atoms with Crippen LogP contribution < -0.4 is 0 Å². The van der Waals surface area contributed by atoms with Gasteiger partial charge in [0.15, 0.2) is 0 Å². The summed E-state index contributed by atoms with van der Waals surface area (Å²) in [5, 5.41) is 13.3. The van der Waals surface area contributed by atoms with Crippen LogP contribution in [0.5, 0.6) is 0 Å². The molecule has 0 amide bonds. The molecule has 0 saturated heterocycles. The molecule has 0 radical (unpaired) electrons. The van der Waals surface area contributed by atoms with Crippen LogP contribution in [0.15, 0.2) is 30.5 Å². The Morgan fingerprint density at radius 3 is 2.39 bits per heavy atom. The molecular formula is C19H31N2O2-. The molecule has 1 aromatic rings. The van der Waals surface area contributed by atoms with Crippen LogP contribution in [0.3, 0.4) is 0 Å². The number of rotatable bonds is 14. The summed E-state index contributed by atoms with van der Waals surface area (Å²) in [4.78, 5) is 13.7. The van der Waals surface area contributed by atoms with Gasteiger partial charge in [0.2, 0.25) is 0 Å². The maximum Gasteiger partial charge on any atom is 0.327 e. The molecule has 0 aromatic carbocycles. The minimum absolute atomic E-state index is 0.0608. The van der Waals surface area contributed by atoms with Crippen molar-refractivity contribution in [3.8, 4) is 0 Å². The average Bonchev–Trinajstić information content (AvgIpc) is 3.03. The SMILES string of the molecule is CCCCCCCCCCCC(C=CC(=O)O)[N-]c1ccc[nH]1. The number of H-pyrrole nitrogens is 1. The van der Waals surface area contributed by atoms with E-state index in [9.17, 15) is 4.79 Å². The van der Waals surface area contributed by atoms with E-state index in [-0.39, 0.29) is 6.04 Å². The number of carboxylic acids is 1. The summed E-state index contributed by atoms with van der Waals surface area (Å²) < 4.78 is 0. The summed E-state index contributed by atoms with van der Waals surface area (Å²) in [5.41, 5.74) is 0. The van der Waals surface area contributed by atoms with Crippen molar-refractivity contribution in [3.63, 3.8) is 0 Å². The van der Waals surface area contributed by atoms with Gasteiger partial charge < -0.3 is 15.4 Å². The van der Waals surface area contributed by atoms with E-state index < -0.39 is 5.97 Å². The Kier molecular flexibility index (Phi) is 10.8. The maximum absolute atomic E-state index is 10.7. The molecular weight excluding hydrogens is 288 g/mol. The van der Waals surface area contributed by atoms with Gasteiger partial charge in [-0.3, -0.25) is 0 Å². The number of carboxylic acid groups (broad SMARTS) is 1. The summed E-state index contributed by atoms with van der Waals surface area (Å²) in [6.45, 7) is 2.24. The standard InChI is InChI=1S/C19H31N2O2/c1-2-3-4-5-6-7-8-9-10-12-17(14-15-19(22)23)21-18-13-11-16-20-18/h11,13-17,20H,2-10,12H2,1H3,(H,22,23)/q-1. The van der Waals surface area contributed by atoms with E-state index in [2.05, 4.69) is 17.2 Å². The molecule has 0 aliphatic carbocycles. The molecule has 1 heterocycles. The molecule has 0 fully saturated rings. The first-order chi connectivity index (χ1) is 11.2. The quantitative estimate of drug-likeness (QED) is 0.328.